The third-order valence-corrected chi connectivity index (χ3v) is 3.66. The molecule has 0 aliphatic carbocycles. The molecule has 0 aromatic heterocycles. The monoisotopic (exact) mass is 348 g/mol. The predicted molar refractivity (Wildman–Crippen MR) is 93.9 cm³/mol. The highest BCUT2D eigenvalue weighted by Gasteiger charge is 2.27. The molecular formula is C16H26Cl2N2O2. The van der Waals surface area contributed by atoms with E-state index < -0.39 is 6.10 Å². The average Bonchev–Trinajstić information content (AvgIpc) is 2.45. The van der Waals surface area contributed by atoms with Gasteiger partial charge in [0.1, 0.15) is 5.75 Å². The van der Waals surface area contributed by atoms with Gasteiger partial charge in [-0.1, -0.05) is 44.5 Å². The number of carbonyl (C=O) groups is 1. The highest BCUT2D eigenvalue weighted by molar-refractivity contribution is 6.32. The van der Waals surface area contributed by atoms with Crippen molar-refractivity contribution in [1.29, 1.82) is 0 Å². The fourth-order valence-electron chi connectivity index (χ4n) is 2.03. The number of amides is 1. The molecular weight excluding hydrogens is 323 g/mol. The Kier molecular flexibility index (Phi) is 8.83. The zero-order valence-corrected chi connectivity index (χ0v) is 15.2. The Morgan fingerprint density at radius 2 is 2.00 bits per heavy atom. The maximum atomic E-state index is 12.5. The van der Waals surface area contributed by atoms with Gasteiger partial charge >= 0.3 is 0 Å². The molecule has 0 bridgehead atoms. The van der Waals surface area contributed by atoms with Crippen LogP contribution < -0.4 is 10.5 Å². The first-order valence-electron chi connectivity index (χ1n) is 7.17. The number of likely N-dealkylation sites (N-methyl/N-ethyl adjacent to an activating group) is 1. The highest BCUT2D eigenvalue weighted by atomic mass is 35.5. The summed E-state index contributed by atoms with van der Waals surface area (Å²) < 4.78 is 5.77. The minimum atomic E-state index is -0.538. The predicted octanol–water partition coefficient (Wildman–Crippen LogP) is 3.36. The van der Waals surface area contributed by atoms with Crippen molar-refractivity contribution in [3.63, 3.8) is 0 Å². The Bertz CT molecular complexity index is 481. The summed E-state index contributed by atoms with van der Waals surface area (Å²) in [5.41, 5.74) is 5.60. The summed E-state index contributed by atoms with van der Waals surface area (Å²) in [6.07, 6.45) is 0.0424. The summed E-state index contributed by atoms with van der Waals surface area (Å²) in [7, 11) is 1.78. The maximum Gasteiger partial charge on any atom is 0.263 e. The number of hydrogen-bond donors (Lipinski definition) is 1. The third-order valence-electron chi connectivity index (χ3n) is 3.35. The molecule has 0 saturated heterocycles. The van der Waals surface area contributed by atoms with Gasteiger partial charge in [0, 0.05) is 13.6 Å². The minimum Gasteiger partial charge on any atom is -0.479 e. The number of hydrogen-bond acceptors (Lipinski definition) is 3. The first-order chi connectivity index (χ1) is 9.80. The minimum absolute atomic E-state index is 0. The molecule has 0 saturated carbocycles. The lowest BCUT2D eigenvalue weighted by molar-refractivity contribution is -0.138. The molecule has 0 aliphatic rings. The molecule has 0 aliphatic heterocycles. The molecule has 1 aromatic rings. The van der Waals surface area contributed by atoms with Crippen LogP contribution in [-0.4, -0.2) is 37.0 Å². The van der Waals surface area contributed by atoms with E-state index in [1.165, 1.54) is 0 Å². The summed E-state index contributed by atoms with van der Waals surface area (Å²) in [5.74, 6) is 0.477. The largest absolute Gasteiger partial charge is 0.479 e. The van der Waals surface area contributed by atoms with Crippen LogP contribution in [0.2, 0.25) is 5.02 Å². The van der Waals surface area contributed by atoms with E-state index in [0.29, 0.717) is 30.3 Å². The molecule has 6 heteroatoms. The van der Waals surface area contributed by atoms with Gasteiger partial charge in [-0.2, -0.15) is 0 Å². The van der Waals surface area contributed by atoms with Gasteiger partial charge in [-0.05, 0) is 30.5 Å². The molecule has 0 fully saturated rings. The SMILES string of the molecule is CCC(Oc1ccccc1Cl)C(=O)N(C)CC(C)(C)CN.Cl. The molecule has 1 atom stereocenters. The van der Waals surface area contributed by atoms with Gasteiger partial charge in [-0.3, -0.25) is 4.79 Å². The van der Waals surface area contributed by atoms with Crippen molar-refractivity contribution in [2.75, 3.05) is 20.1 Å². The molecule has 0 heterocycles. The van der Waals surface area contributed by atoms with Crippen molar-refractivity contribution in [3.8, 4) is 5.75 Å². The smallest absolute Gasteiger partial charge is 0.263 e. The summed E-state index contributed by atoms with van der Waals surface area (Å²) in [4.78, 5) is 14.2. The number of rotatable bonds is 7. The molecule has 0 radical (unpaired) electrons. The second-order valence-electron chi connectivity index (χ2n) is 6.01. The standard InChI is InChI=1S/C16H25ClN2O2.ClH/c1-5-13(21-14-9-7-6-8-12(14)17)15(20)19(4)11-16(2,3)10-18;/h6-9,13H,5,10-11,18H2,1-4H3;1H. The van der Waals surface area contributed by atoms with Crippen LogP contribution in [0.15, 0.2) is 24.3 Å². The summed E-state index contributed by atoms with van der Waals surface area (Å²) in [6.45, 7) is 7.10. The van der Waals surface area contributed by atoms with Crippen LogP contribution in [0.5, 0.6) is 5.75 Å². The fourth-order valence-corrected chi connectivity index (χ4v) is 2.21. The van der Waals surface area contributed by atoms with Gasteiger partial charge in [-0.15, -0.1) is 12.4 Å². The van der Waals surface area contributed by atoms with Gasteiger partial charge in [0.15, 0.2) is 6.10 Å². The second-order valence-corrected chi connectivity index (χ2v) is 6.42. The molecule has 126 valence electrons. The van der Waals surface area contributed by atoms with E-state index in [4.69, 9.17) is 22.1 Å². The van der Waals surface area contributed by atoms with Crippen LogP contribution in [0.3, 0.4) is 0 Å². The van der Waals surface area contributed by atoms with Crippen molar-refractivity contribution in [2.45, 2.75) is 33.3 Å². The van der Waals surface area contributed by atoms with Crippen LogP contribution in [-0.2, 0) is 4.79 Å². The lowest BCUT2D eigenvalue weighted by atomic mass is 9.93. The summed E-state index contributed by atoms with van der Waals surface area (Å²) in [5, 5.41) is 0.508. The molecule has 1 amide bonds. The molecule has 22 heavy (non-hydrogen) atoms. The van der Waals surface area contributed by atoms with Gasteiger partial charge < -0.3 is 15.4 Å². The molecule has 0 spiro atoms. The Morgan fingerprint density at radius 1 is 1.41 bits per heavy atom. The van der Waals surface area contributed by atoms with Crippen molar-refractivity contribution >= 4 is 29.9 Å². The van der Waals surface area contributed by atoms with Gasteiger partial charge in [0.2, 0.25) is 0 Å². The van der Waals surface area contributed by atoms with Crippen LogP contribution in [0.25, 0.3) is 0 Å². The van der Waals surface area contributed by atoms with E-state index in [1.807, 2.05) is 32.9 Å². The van der Waals surface area contributed by atoms with E-state index in [-0.39, 0.29) is 23.7 Å². The van der Waals surface area contributed by atoms with Crippen LogP contribution >= 0.6 is 24.0 Å². The first kappa shape index (κ1) is 21.0. The fraction of sp³-hybridized carbons (Fsp3) is 0.562. The number of para-hydroxylation sites is 1. The Hall–Kier alpha value is -0.970. The van der Waals surface area contributed by atoms with Crippen molar-refractivity contribution in [1.82, 2.24) is 4.90 Å². The zero-order valence-electron chi connectivity index (χ0n) is 13.6. The molecule has 4 nitrogen and oxygen atoms in total. The topological polar surface area (TPSA) is 55.6 Å². The Morgan fingerprint density at radius 3 is 2.50 bits per heavy atom. The molecule has 1 aromatic carbocycles. The maximum absolute atomic E-state index is 12.5. The number of nitrogens with two attached hydrogens (primary N) is 1. The number of nitrogens with zero attached hydrogens (tertiary/aromatic N) is 1. The Labute approximate surface area is 144 Å². The normalized spacial score (nSPS) is 12.3. The molecule has 1 rings (SSSR count). The average molecular weight is 349 g/mol. The van der Waals surface area contributed by atoms with E-state index in [1.54, 1.807) is 24.1 Å². The van der Waals surface area contributed by atoms with Gasteiger partial charge in [0.25, 0.3) is 5.91 Å². The van der Waals surface area contributed by atoms with Crippen LogP contribution in [0.4, 0.5) is 0 Å². The lowest BCUT2D eigenvalue weighted by Gasteiger charge is -2.31. The first-order valence-corrected chi connectivity index (χ1v) is 7.54. The number of benzene rings is 1. The summed E-state index contributed by atoms with van der Waals surface area (Å²) >= 11 is 6.07. The van der Waals surface area contributed by atoms with E-state index in [9.17, 15) is 4.79 Å². The van der Waals surface area contributed by atoms with Gasteiger partial charge in [0.05, 0.1) is 5.02 Å². The van der Waals surface area contributed by atoms with Crippen LogP contribution in [0.1, 0.15) is 27.2 Å². The summed E-state index contributed by atoms with van der Waals surface area (Å²) in [6, 6.07) is 7.17. The third kappa shape index (κ3) is 6.03. The highest BCUT2D eigenvalue weighted by Crippen LogP contribution is 2.25. The number of ether oxygens (including phenoxy) is 1. The van der Waals surface area contributed by atoms with E-state index in [0.717, 1.165) is 0 Å². The van der Waals surface area contributed by atoms with Crippen molar-refractivity contribution in [2.24, 2.45) is 11.1 Å². The molecule has 1 unspecified atom stereocenters. The van der Waals surface area contributed by atoms with E-state index >= 15 is 0 Å². The van der Waals surface area contributed by atoms with Crippen LogP contribution in [0, 0.1) is 5.41 Å². The second kappa shape index (κ2) is 9.23. The lowest BCUT2D eigenvalue weighted by Crippen LogP contribution is -2.45. The number of carbonyl (C=O) groups excluding carboxylic acids is 1. The molecule has 2 N–H and O–H groups in total. The van der Waals surface area contributed by atoms with Crippen molar-refractivity contribution in [3.05, 3.63) is 29.3 Å². The van der Waals surface area contributed by atoms with Gasteiger partial charge in [-0.25, -0.2) is 0 Å². The Balaban J connectivity index is 0.00000441. The van der Waals surface area contributed by atoms with Crippen molar-refractivity contribution < 1.29 is 9.53 Å². The number of halogens is 2. The quantitative estimate of drug-likeness (QED) is 0.821. The van der Waals surface area contributed by atoms with E-state index in [2.05, 4.69) is 0 Å². The zero-order chi connectivity index (χ0) is 16.0.